The minimum atomic E-state index is -1.08. The van der Waals surface area contributed by atoms with Crippen molar-refractivity contribution in [3.8, 4) is 0 Å². The third-order valence-corrected chi connectivity index (χ3v) is 4.77. The molecule has 2 aromatic rings. The van der Waals surface area contributed by atoms with Crippen LogP contribution in [0.15, 0.2) is 45.7 Å². The maximum absolute atomic E-state index is 12.5. The second kappa shape index (κ2) is 7.19. The lowest BCUT2D eigenvalue weighted by Gasteiger charge is -2.32. The predicted molar refractivity (Wildman–Crippen MR) is 91.5 cm³/mol. The molecule has 24 heavy (non-hydrogen) atoms. The fraction of sp³-hybridized carbons (Fsp3) is 0.353. The molecule has 1 aromatic heterocycles. The van der Waals surface area contributed by atoms with Gasteiger partial charge in [-0.15, -0.1) is 0 Å². The normalized spacial score (nSPS) is 19.1. The van der Waals surface area contributed by atoms with E-state index in [0.717, 1.165) is 11.5 Å². The molecule has 1 saturated heterocycles. The first kappa shape index (κ1) is 16.7. The minimum Gasteiger partial charge on any atom is -0.464 e. The number of nitrogens with zero attached hydrogens (tertiary/aromatic N) is 1. The van der Waals surface area contributed by atoms with Gasteiger partial charge in [-0.05, 0) is 37.3 Å². The molecule has 0 saturated carbocycles. The number of anilines is 1. The van der Waals surface area contributed by atoms with Crippen LogP contribution in [0.25, 0.3) is 0 Å². The number of hydrogen-bond donors (Lipinski definition) is 1. The van der Waals surface area contributed by atoms with E-state index in [-0.39, 0.29) is 12.1 Å². The van der Waals surface area contributed by atoms with Gasteiger partial charge in [0.15, 0.2) is 0 Å². The zero-order valence-electron chi connectivity index (χ0n) is 13.7. The van der Waals surface area contributed by atoms with Gasteiger partial charge in [-0.25, -0.2) is 4.79 Å². The van der Waals surface area contributed by atoms with E-state index in [1.165, 1.54) is 0 Å². The van der Waals surface area contributed by atoms with Gasteiger partial charge < -0.3 is 19.4 Å². The van der Waals surface area contributed by atoms with Gasteiger partial charge in [-0.2, -0.15) is 0 Å². The van der Waals surface area contributed by atoms with Gasteiger partial charge in [0.05, 0.1) is 13.2 Å². The molecule has 2 amide bonds. The van der Waals surface area contributed by atoms with E-state index in [4.69, 9.17) is 9.15 Å². The van der Waals surface area contributed by atoms with Gasteiger partial charge in [0, 0.05) is 34.2 Å². The Labute approximate surface area is 143 Å². The molecule has 2 atom stereocenters. The van der Waals surface area contributed by atoms with Crippen LogP contribution in [0, 0.1) is 6.92 Å². The SMILES string of the molecule is Cc1ccc(C2CN(C(=O)Nc3cccc(S(C)=O)c3)CCO2)o1. The van der Waals surface area contributed by atoms with E-state index in [9.17, 15) is 9.00 Å². The Balaban J connectivity index is 1.66. The second-order valence-electron chi connectivity index (χ2n) is 5.67. The number of morpholine rings is 1. The number of furan rings is 1. The fourth-order valence-corrected chi connectivity index (χ4v) is 3.15. The molecule has 7 heteroatoms. The molecular formula is C17H20N2O4S. The first-order chi connectivity index (χ1) is 11.5. The summed E-state index contributed by atoms with van der Waals surface area (Å²) in [6, 6.07) is 10.6. The summed E-state index contributed by atoms with van der Waals surface area (Å²) in [6.45, 7) is 3.28. The Hall–Kier alpha value is -2.12. The molecule has 1 N–H and O–H groups in total. The average molecular weight is 348 g/mol. The molecule has 3 rings (SSSR count). The Morgan fingerprint density at radius 3 is 2.88 bits per heavy atom. The fourth-order valence-electron chi connectivity index (χ4n) is 2.59. The number of carbonyl (C=O) groups excluding carboxylic acids is 1. The molecule has 1 fully saturated rings. The van der Waals surface area contributed by atoms with Crippen molar-refractivity contribution >= 4 is 22.5 Å². The van der Waals surface area contributed by atoms with Crippen molar-refractivity contribution in [2.24, 2.45) is 0 Å². The molecular weight excluding hydrogens is 328 g/mol. The average Bonchev–Trinajstić information content (AvgIpc) is 3.02. The third-order valence-electron chi connectivity index (χ3n) is 3.85. The van der Waals surface area contributed by atoms with Gasteiger partial charge in [-0.3, -0.25) is 4.21 Å². The topological polar surface area (TPSA) is 71.8 Å². The van der Waals surface area contributed by atoms with Crippen molar-refractivity contribution in [1.29, 1.82) is 0 Å². The van der Waals surface area contributed by atoms with E-state index >= 15 is 0 Å². The van der Waals surface area contributed by atoms with Gasteiger partial charge in [0.25, 0.3) is 0 Å². The number of benzene rings is 1. The van der Waals surface area contributed by atoms with Crippen LogP contribution >= 0.6 is 0 Å². The van der Waals surface area contributed by atoms with Crippen molar-refractivity contribution in [3.63, 3.8) is 0 Å². The highest BCUT2D eigenvalue weighted by atomic mass is 32.2. The van der Waals surface area contributed by atoms with Gasteiger partial charge in [-0.1, -0.05) is 6.07 Å². The van der Waals surface area contributed by atoms with E-state index in [1.54, 1.807) is 35.4 Å². The Morgan fingerprint density at radius 2 is 2.17 bits per heavy atom. The van der Waals surface area contributed by atoms with Crippen molar-refractivity contribution in [3.05, 3.63) is 47.9 Å². The molecule has 6 nitrogen and oxygen atoms in total. The number of rotatable bonds is 3. The summed E-state index contributed by atoms with van der Waals surface area (Å²) in [6.07, 6.45) is 1.35. The van der Waals surface area contributed by atoms with Crippen LogP contribution in [0.4, 0.5) is 10.5 Å². The summed E-state index contributed by atoms with van der Waals surface area (Å²) in [4.78, 5) is 14.9. The monoisotopic (exact) mass is 348 g/mol. The van der Waals surface area contributed by atoms with E-state index < -0.39 is 10.8 Å². The number of hydrogen-bond acceptors (Lipinski definition) is 4. The van der Waals surface area contributed by atoms with Crippen LogP contribution in [0.5, 0.6) is 0 Å². The summed E-state index contributed by atoms with van der Waals surface area (Å²) < 4.78 is 22.8. The lowest BCUT2D eigenvalue weighted by atomic mass is 10.2. The van der Waals surface area contributed by atoms with Crippen LogP contribution in [0.3, 0.4) is 0 Å². The zero-order valence-corrected chi connectivity index (χ0v) is 14.5. The highest BCUT2D eigenvalue weighted by Gasteiger charge is 2.27. The predicted octanol–water partition coefficient (Wildman–Crippen LogP) is 2.93. The zero-order chi connectivity index (χ0) is 17.1. The first-order valence-electron chi connectivity index (χ1n) is 7.70. The van der Waals surface area contributed by atoms with E-state index in [2.05, 4.69) is 5.32 Å². The van der Waals surface area contributed by atoms with E-state index in [1.807, 2.05) is 19.1 Å². The molecule has 1 aliphatic rings. The maximum Gasteiger partial charge on any atom is 0.322 e. The van der Waals surface area contributed by atoms with Crippen LogP contribution in [0.2, 0.25) is 0 Å². The van der Waals surface area contributed by atoms with Crippen LogP contribution in [-0.4, -0.2) is 41.1 Å². The summed E-state index contributed by atoms with van der Waals surface area (Å²) in [7, 11) is -1.08. The molecule has 0 bridgehead atoms. The third kappa shape index (κ3) is 3.85. The molecule has 1 aromatic carbocycles. The van der Waals surface area contributed by atoms with Crippen LogP contribution < -0.4 is 5.32 Å². The summed E-state index contributed by atoms with van der Waals surface area (Å²) in [5.74, 6) is 1.55. The maximum atomic E-state index is 12.5. The summed E-state index contributed by atoms with van der Waals surface area (Å²) in [5, 5.41) is 2.85. The Bertz CT molecular complexity index is 759. The smallest absolute Gasteiger partial charge is 0.322 e. The number of carbonyl (C=O) groups is 1. The molecule has 2 unspecified atom stereocenters. The second-order valence-corrected chi connectivity index (χ2v) is 7.05. The van der Waals surface area contributed by atoms with Crippen molar-refractivity contribution < 1.29 is 18.2 Å². The first-order valence-corrected chi connectivity index (χ1v) is 9.26. The summed E-state index contributed by atoms with van der Waals surface area (Å²) in [5.41, 5.74) is 0.629. The lowest BCUT2D eigenvalue weighted by Crippen LogP contribution is -2.44. The molecule has 0 radical (unpaired) electrons. The molecule has 0 aliphatic carbocycles. The Kier molecular flexibility index (Phi) is 5.01. The summed E-state index contributed by atoms with van der Waals surface area (Å²) >= 11 is 0. The standard InChI is InChI=1S/C17H20N2O4S/c1-12-6-7-15(23-12)16-11-19(8-9-22-16)17(20)18-13-4-3-5-14(10-13)24(2)21/h3-7,10,16H,8-9,11H2,1-2H3,(H,18,20). The van der Waals surface area contributed by atoms with Gasteiger partial charge >= 0.3 is 6.03 Å². The minimum absolute atomic E-state index is 0.203. The quantitative estimate of drug-likeness (QED) is 0.926. The van der Waals surface area contributed by atoms with Crippen molar-refractivity contribution in [1.82, 2.24) is 4.90 Å². The number of ether oxygens (including phenoxy) is 1. The van der Waals surface area contributed by atoms with Crippen LogP contribution in [0.1, 0.15) is 17.6 Å². The number of nitrogens with one attached hydrogen (secondary N) is 1. The highest BCUT2D eigenvalue weighted by molar-refractivity contribution is 7.84. The lowest BCUT2D eigenvalue weighted by molar-refractivity contribution is -0.0246. The van der Waals surface area contributed by atoms with Gasteiger partial charge in [0.1, 0.15) is 17.6 Å². The molecule has 0 spiro atoms. The van der Waals surface area contributed by atoms with Crippen molar-refractivity contribution in [2.45, 2.75) is 17.9 Å². The number of aryl methyl sites for hydroxylation is 1. The number of urea groups is 1. The largest absolute Gasteiger partial charge is 0.464 e. The highest BCUT2D eigenvalue weighted by Crippen LogP contribution is 2.24. The number of amides is 2. The Morgan fingerprint density at radius 1 is 1.33 bits per heavy atom. The van der Waals surface area contributed by atoms with Crippen LogP contribution in [-0.2, 0) is 15.5 Å². The van der Waals surface area contributed by atoms with E-state index in [0.29, 0.717) is 30.3 Å². The van der Waals surface area contributed by atoms with Crippen molar-refractivity contribution in [2.75, 3.05) is 31.3 Å². The molecule has 2 heterocycles. The molecule has 128 valence electrons. The molecule has 1 aliphatic heterocycles. The van der Waals surface area contributed by atoms with Gasteiger partial charge in [0.2, 0.25) is 0 Å².